The Kier molecular flexibility index (Phi) is 4.12. The normalized spacial score (nSPS) is 40.5. The highest BCUT2D eigenvalue weighted by atomic mass is 16.9. The minimum Gasteiger partial charge on any atom is -0.480 e. The number of hydrogen-bond donors (Lipinski definition) is 2. The van der Waals surface area contributed by atoms with Crippen molar-refractivity contribution in [1.29, 1.82) is 0 Å². The number of aliphatic carboxylic acids is 1. The molecule has 24 heavy (non-hydrogen) atoms. The van der Waals surface area contributed by atoms with Crippen LogP contribution in [0.4, 0.5) is 0 Å². The average molecular weight is 345 g/mol. The monoisotopic (exact) mass is 345 g/mol. The Morgan fingerprint density at radius 2 is 1.50 bits per heavy atom. The fourth-order valence-corrected chi connectivity index (χ4v) is 3.18. The van der Waals surface area contributed by atoms with E-state index in [0.717, 1.165) is 0 Å². The Morgan fingerprint density at radius 3 is 2.12 bits per heavy atom. The number of carboxylic acids is 1. The lowest BCUT2D eigenvalue weighted by Crippen LogP contribution is -2.60. The Bertz CT molecular complexity index is 548. The summed E-state index contributed by atoms with van der Waals surface area (Å²) in [6.45, 7) is 8.32. The van der Waals surface area contributed by atoms with Crippen molar-refractivity contribution in [3.8, 4) is 0 Å². The van der Waals surface area contributed by atoms with Gasteiger partial charge in [0.1, 0.15) is 24.4 Å². The molecule has 0 aromatic rings. The van der Waals surface area contributed by atoms with Gasteiger partial charge >= 0.3 is 5.97 Å². The van der Waals surface area contributed by atoms with E-state index in [1.165, 1.54) is 6.92 Å². The lowest BCUT2D eigenvalue weighted by Gasteiger charge is -2.36. The van der Waals surface area contributed by atoms with Gasteiger partial charge in [0, 0.05) is 0 Å². The van der Waals surface area contributed by atoms with Crippen molar-refractivity contribution in [2.75, 3.05) is 0 Å². The van der Waals surface area contributed by atoms with Crippen LogP contribution in [0.5, 0.6) is 0 Å². The van der Waals surface area contributed by atoms with Crippen LogP contribution in [0.15, 0.2) is 0 Å². The van der Waals surface area contributed by atoms with E-state index >= 15 is 0 Å². The van der Waals surface area contributed by atoms with Crippen LogP contribution >= 0.6 is 0 Å². The third-order valence-electron chi connectivity index (χ3n) is 4.14. The first-order valence-corrected chi connectivity index (χ1v) is 7.89. The van der Waals surface area contributed by atoms with E-state index in [4.69, 9.17) is 28.8 Å². The molecule has 136 valence electrons. The van der Waals surface area contributed by atoms with E-state index in [9.17, 15) is 9.59 Å². The Balaban J connectivity index is 1.82. The quantitative estimate of drug-likeness (QED) is 0.733. The molecule has 0 aromatic heterocycles. The number of hydrogen-bond acceptors (Lipinski definition) is 7. The van der Waals surface area contributed by atoms with Crippen LogP contribution in [0.25, 0.3) is 0 Å². The number of carbonyl (C=O) groups excluding carboxylic acids is 1. The van der Waals surface area contributed by atoms with Crippen LogP contribution in [0.1, 0.15) is 34.6 Å². The van der Waals surface area contributed by atoms with Crippen LogP contribution in [0.3, 0.4) is 0 Å². The van der Waals surface area contributed by atoms with E-state index in [-0.39, 0.29) is 0 Å². The zero-order valence-corrected chi connectivity index (χ0v) is 14.3. The predicted molar refractivity (Wildman–Crippen MR) is 77.8 cm³/mol. The van der Waals surface area contributed by atoms with Crippen molar-refractivity contribution in [2.45, 2.75) is 82.9 Å². The summed E-state index contributed by atoms with van der Waals surface area (Å²) >= 11 is 0. The fourth-order valence-electron chi connectivity index (χ4n) is 3.18. The number of carbonyl (C=O) groups is 2. The Morgan fingerprint density at radius 1 is 0.958 bits per heavy atom. The van der Waals surface area contributed by atoms with Gasteiger partial charge in [-0.05, 0) is 34.6 Å². The number of carboxylic acid groups (broad SMARTS) is 1. The smallest absolute Gasteiger partial charge is 0.325 e. The number of amides is 1. The maximum Gasteiger partial charge on any atom is 0.325 e. The molecule has 3 fully saturated rings. The molecular formula is C15H23NO8. The average Bonchev–Trinajstić information content (AvgIpc) is 2.91. The third kappa shape index (κ3) is 3.14. The molecule has 0 radical (unpaired) electrons. The third-order valence-corrected chi connectivity index (χ3v) is 4.14. The SMILES string of the molecule is C[C@@H](NC(=O)[C@H]1O[C@H]2OC(C)(C)O[C@@H]2[C@H]2OC(C)(C)O[C@@H]21)C(=O)O. The van der Waals surface area contributed by atoms with Gasteiger partial charge in [0.05, 0.1) is 0 Å². The first-order valence-electron chi connectivity index (χ1n) is 7.89. The van der Waals surface area contributed by atoms with Gasteiger partial charge in [0.2, 0.25) is 0 Å². The second kappa shape index (κ2) is 5.63. The molecular weight excluding hydrogens is 322 g/mol. The molecule has 3 saturated heterocycles. The van der Waals surface area contributed by atoms with Crippen LogP contribution in [-0.4, -0.2) is 65.3 Å². The van der Waals surface area contributed by atoms with Crippen LogP contribution < -0.4 is 5.32 Å². The molecule has 0 aliphatic carbocycles. The van der Waals surface area contributed by atoms with E-state index in [1.54, 1.807) is 27.7 Å². The minimum atomic E-state index is -1.14. The molecule has 1 amide bonds. The summed E-state index contributed by atoms with van der Waals surface area (Å²) in [7, 11) is 0. The topological polar surface area (TPSA) is 113 Å². The number of ether oxygens (including phenoxy) is 5. The zero-order valence-electron chi connectivity index (χ0n) is 14.3. The molecule has 0 unspecified atom stereocenters. The van der Waals surface area contributed by atoms with Crippen LogP contribution in [0.2, 0.25) is 0 Å². The van der Waals surface area contributed by atoms with E-state index in [0.29, 0.717) is 0 Å². The van der Waals surface area contributed by atoms with Gasteiger partial charge in [-0.25, -0.2) is 0 Å². The molecule has 0 aromatic carbocycles. The predicted octanol–water partition coefficient (Wildman–Crippen LogP) is -0.0278. The van der Waals surface area contributed by atoms with Gasteiger partial charge in [-0.3, -0.25) is 9.59 Å². The zero-order chi connectivity index (χ0) is 17.9. The Hall–Kier alpha value is -1.26. The maximum atomic E-state index is 12.5. The van der Waals surface area contributed by atoms with E-state index in [2.05, 4.69) is 5.32 Å². The van der Waals surface area contributed by atoms with Crippen molar-refractivity contribution in [3.63, 3.8) is 0 Å². The van der Waals surface area contributed by atoms with Gasteiger partial charge in [0.15, 0.2) is 24.0 Å². The standard InChI is InChI=1S/C15H23NO8/c1-6(12(18)19)16-11(17)9-7-8(22-14(2,3)21-7)10-13(20-9)24-15(4,5)23-10/h6-10,13H,1-5H3,(H,16,17)(H,18,19)/t6-,7+,8+,9+,10-,13+/m1/s1. The summed E-state index contributed by atoms with van der Waals surface area (Å²) in [4.78, 5) is 23.4. The molecule has 9 nitrogen and oxygen atoms in total. The summed E-state index contributed by atoms with van der Waals surface area (Å²) in [5, 5.41) is 11.4. The molecule has 2 N–H and O–H groups in total. The molecule has 3 heterocycles. The molecule has 3 aliphatic heterocycles. The number of fused-ring (bicyclic) bond motifs is 3. The summed E-state index contributed by atoms with van der Waals surface area (Å²) < 4.78 is 29.0. The largest absolute Gasteiger partial charge is 0.480 e. The van der Waals surface area contributed by atoms with Gasteiger partial charge in [-0.15, -0.1) is 0 Å². The van der Waals surface area contributed by atoms with Crippen molar-refractivity contribution in [2.24, 2.45) is 0 Å². The summed E-state index contributed by atoms with van der Waals surface area (Å²) in [6, 6.07) is -1.05. The number of rotatable bonds is 3. The highest BCUT2D eigenvalue weighted by Gasteiger charge is 2.62. The highest BCUT2D eigenvalue weighted by molar-refractivity contribution is 5.86. The van der Waals surface area contributed by atoms with Crippen LogP contribution in [0, 0.1) is 0 Å². The molecule has 3 aliphatic rings. The molecule has 9 heteroatoms. The summed E-state index contributed by atoms with van der Waals surface area (Å²) in [5.74, 6) is -3.52. The maximum absolute atomic E-state index is 12.5. The molecule has 0 saturated carbocycles. The van der Waals surface area contributed by atoms with Gasteiger partial charge in [-0.1, -0.05) is 0 Å². The minimum absolute atomic E-state index is 0.535. The molecule has 0 bridgehead atoms. The van der Waals surface area contributed by atoms with Crippen molar-refractivity contribution in [3.05, 3.63) is 0 Å². The summed E-state index contributed by atoms with van der Waals surface area (Å²) in [5.41, 5.74) is 0. The van der Waals surface area contributed by atoms with Crippen LogP contribution in [-0.2, 0) is 33.3 Å². The lowest BCUT2D eigenvalue weighted by molar-refractivity contribution is -0.231. The highest BCUT2D eigenvalue weighted by Crippen LogP contribution is 2.44. The van der Waals surface area contributed by atoms with E-state index < -0.39 is 60.2 Å². The molecule has 0 spiro atoms. The lowest BCUT2D eigenvalue weighted by atomic mass is 9.98. The van der Waals surface area contributed by atoms with Crippen molar-refractivity contribution >= 4 is 11.9 Å². The van der Waals surface area contributed by atoms with Gasteiger partial charge < -0.3 is 34.1 Å². The summed E-state index contributed by atoms with van der Waals surface area (Å²) in [6.07, 6.45) is -3.67. The Labute approximate surface area is 139 Å². The molecule has 6 atom stereocenters. The number of nitrogens with one attached hydrogen (secondary N) is 1. The second-order valence-electron chi connectivity index (χ2n) is 7.16. The van der Waals surface area contributed by atoms with E-state index in [1.807, 2.05) is 0 Å². The van der Waals surface area contributed by atoms with Crippen molar-refractivity contribution in [1.82, 2.24) is 5.32 Å². The fraction of sp³-hybridized carbons (Fsp3) is 0.867. The molecule has 3 rings (SSSR count). The second-order valence-corrected chi connectivity index (χ2v) is 7.16. The first-order chi connectivity index (χ1) is 11.0. The van der Waals surface area contributed by atoms with Gasteiger partial charge in [-0.2, -0.15) is 0 Å². The van der Waals surface area contributed by atoms with Crippen molar-refractivity contribution < 1.29 is 38.4 Å². The van der Waals surface area contributed by atoms with Gasteiger partial charge in [0.25, 0.3) is 5.91 Å². The first kappa shape index (κ1) is 17.6.